The standard InChI is InChI=1S/C14H11N3O4/c1-7-10(13(18)19)11(12(14(20)21)17-16-7)9-5-3-2-4-8(9)6-15/h2-5,11,16H,1H3,(H,18,19)(H,20,21). The molecule has 106 valence electrons. The first-order valence-electron chi connectivity index (χ1n) is 5.97. The van der Waals surface area contributed by atoms with Gasteiger partial charge in [0.25, 0.3) is 0 Å². The number of hydrogen-bond acceptors (Lipinski definition) is 5. The van der Waals surface area contributed by atoms with E-state index < -0.39 is 17.9 Å². The van der Waals surface area contributed by atoms with Crippen molar-refractivity contribution in [2.24, 2.45) is 5.10 Å². The van der Waals surface area contributed by atoms with Crippen LogP contribution >= 0.6 is 0 Å². The molecule has 7 nitrogen and oxygen atoms in total. The highest BCUT2D eigenvalue weighted by Crippen LogP contribution is 2.32. The average molecular weight is 285 g/mol. The Hall–Kier alpha value is -3.14. The Balaban J connectivity index is 2.71. The molecule has 0 saturated carbocycles. The Morgan fingerprint density at radius 3 is 2.52 bits per heavy atom. The van der Waals surface area contributed by atoms with E-state index in [0.717, 1.165) is 0 Å². The number of nitriles is 1. The summed E-state index contributed by atoms with van der Waals surface area (Å²) in [4.78, 5) is 22.8. The maximum atomic E-state index is 11.5. The van der Waals surface area contributed by atoms with Gasteiger partial charge in [0, 0.05) is 5.70 Å². The molecule has 0 radical (unpaired) electrons. The molecule has 1 heterocycles. The van der Waals surface area contributed by atoms with Gasteiger partial charge in [0.2, 0.25) is 0 Å². The molecule has 1 aliphatic rings. The second-order valence-electron chi connectivity index (χ2n) is 4.39. The van der Waals surface area contributed by atoms with Gasteiger partial charge in [-0.25, -0.2) is 9.59 Å². The van der Waals surface area contributed by atoms with Crippen LogP contribution in [0.1, 0.15) is 24.0 Å². The first kappa shape index (κ1) is 14.3. The van der Waals surface area contributed by atoms with Gasteiger partial charge in [-0.3, -0.25) is 5.43 Å². The molecule has 0 fully saturated rings. The summed E-state index contributed by atoms with van der Waals surface area (Å²) in [6.07, 6.45) is 0. The third kappa shape index (κ3) is 2.47. The van der Waals surface area contributed by atoms with E-state index in [1.807, 2.05) is 6.07 Å². The molecule has 3 N–H and O–H groups in total. The van der Waals surface area contributed by atoms with E-state index in [0.29, 0.717) is 5.56 Å². The van der Waals surface area contributed by atoms with Crippen molar-refractivity contribution in [3.8, 4) is 6.07 Å². The number of carboxylic acid groups (broad SMARTS) is 2. The molecule has 1 atom stereocenters. The van der Waals surface area contributed by atoms with E-state index in [1.165, 1.54) is 19.1 Å². The summed E-state index contributed by atoms with van der Waals surface area (Å²) in [6, 6.07) is 8.22. The fourth-order valence-corrected chi connectivity index (χ4v) is 2.23. The molecule has 0 spiro atoms. The van der Waals surface area contributed by atoms with E-state index >= 15 is 0 Å². The van der Waals surface area contributed by atoms with Crippen LogP contribution in [0.25, 0.3) is 0 Å². The second-order valence-corrected chi connectivity index (χ2v) is 4.39. The Morgan fingerprint density at radius 1 is 1.29 bits per heavy atom. The minimum absolute atomic E-state index is 0.134. The van der Waals surface area contributed by atoms with Crippen molar-refractivity contribution in [2.45, 2.75) is 12.8 Å². The molecule has 1 unspecified atom stereocenters. The SMILES string of the molecule is CC1=C(C(=O)O)C(c2ccccc2C#N)C(C(=O)O)=NN1. The van der Waals surface area contributed by atoms with Crippen LogP contribution in [-0.2, 0) is 9.59 Å². The van der Waals surface area contributed by atoms with Gasteiger partial charge in [0.1, 0.15) is 0 Å². The molecule has 0 amide bonds. The quantitative estimate of drug-likeness (QED) is 0.762. The molecular weight excluding hydrogens is 274 g/mol. The number of nitrogens with zero attached hydrogens (tertiary/aromatic N) is 2. The van der Waals surface area contributed by atoms with Crippen LogP contribution in [0.4, 0.5) is 0 Å². The molecule has 0 aromatic heterocycles. The van der Waals surface area contributed by atoms with Gasteiger partial charge in [-0.1, -0.05) is 18.2 Å². The summed E-state index contributed by atoms with van der Waals surface area (Å²) >= 11 is 0. The number of nitrogens with one attached hydrogen (secondary N) is 1. The topological polar surface area (TPSA) is 123 Å². The molecular formula is C14H11N3O4. The van der Waals surface area contributed by atoms with Crippen LogP contribution in [0.2, 0.25) is 0 Å². The third-order valence-corrected chi connectivity index (χ3v) is 3.15. The first-order chi connectivity index (χ1) is 9.97. The maximum Gasteiger partial charge on any atom is 0.353 e. The van der Waals surface area contributed by atoms with Crippen LogP contribution in [0.3, 0.4) is 0 Å². The zero-order valence-corrected chi connectivity index (χ0v) is 11.0. The predicted octanol–water partition coefficient (Wildman–Crippen LogP) is 1.04. The number of carbonyl (C=O) groups is 2. The minimum atomic E-state index is -1.34. The summed E-state index contributed by atoms with van der Waals surface area (Å²) in [5.74, 6) is -3.70. The summed E-state index contributed by atoms with van der Waals surface area (Å²) in [5, 5.41) is 31.5. The zero-order valence-electron chi connectivity index (χ0n) is 11.0. The summed E-state index contributed by atoms with van der Waals surface area (Å²) in [7, 11) is 0. The third-order valence-electron chi connectivity index (χ3n) is 3.15. The minimum Gasteiger partial charge on any atom is -0.478 e. The van der Waals surface area contributed by atoms with Crippen molar-refractivity contribution in [1.29, 1.82) is 5.26 Å². The Morgan fingerprint density at radius 2 is 1.95 bits per heavy atom. The average Bonchev–Trinajstić information content (AvgIpc) is 2.46. The molecule has 7 heteroatoms. The lowest BCUT2D eigenvalue weighted by molar-refractivity contribution is -0.132. The van der Waals surface area contributed by atoms with Gasteiger partial charge in [0.15, 0.2) is 5.71 Å². The fraction of sp³-hybridized carbons (Fsp3) is 0.143. The molecule has 0 saturated heterocycles. The lowest BCUT2D eigenvalue weighted by atomic mass is 9.82. The highest BCUT2D eigenvalue weighted by molar-refractivity contribution is 6.39. The van der Waals surface area contributed by atoms with Gasteiger partial charge in [-0.15, -0.1) is 0 Å². The molecule has 0 bridgehead atoms. The van der Waals surface area contributed by atoms with E-state index in [9.17, 15) is 19.8 Å². The largest absolute Gasteiger partial charge is 0.478 e. The Labute approximate surface area is 119 Å². The van der Waals surface area contributed by atoms with E-state index in [-0.39, 0.29) is 22.5 Å². The molecule has 0 aliphatic carbocycles. The van der Waals surface area contributed by atoms with Crippen molar-refractivity contribution < 1.29 is 19.8 Å². The number of hydrazone groups is 1. The van der Waals surface area contributed by atoms with Crippen LogP contribution < -0.4 is 5.43 Å². The molecule has 2 rings (SSSR count). The van der Waals surface area contributed by atoms with Crippen molar-refractivity contribution in [3.05, 3.63) is 46.7 Å². The number of carboxylic acids is 2. The van der Waals surface area contributed by atoms with Crippen LogP contribution in [0.15, 0.2) is 40.6 Å². The smallest absolute Gasteiger partial charge is 0.353 e. The second kappa shape index (κ2) is 5.46. The fourth-order valence-electron chi connectivity index (χ4n) is 2.23. The van der Waals surface area contributed by atoms with Crippen molar-refractivity contribution in [2.75, 3.05) is 0 Å². The van der Waals surface area contributed by atoms with Crippen LogP contribution in [-0.4, -0.2) is 27.9 Å². The summed E-state index contributed by atoms with van der Waals surface area (Å²) in [6.45, 7) is 1.49. The van der Waals surface area contributed by atoms with Crippen molar-refractivity contribution in [3.63, 3.8) is 0 Å². The van der Waals surface area contributed by atoms with E-state index in [2.05, 4.69) is 10.5 Å². The summed E-state index contributed by atoms with van der Waals surface area (Å²) < 4.78 is 0. The molecule has 21 heavy (non-hydrogen) atoms. The first-order valence-corrected chi connectivity index (χ1v) is 5.97. The van der Waals surface area contributed by atoms with Crippen LogP contribution in [0, 0.1) is 11.3 Å². The lowest BCUT2D eigenvalue weighted by Gasteiger charge is -2.24. The van der Waals surface area contributed by atoms with Gasteiger partial charge in [-0.05, 0) is 18.6 Å². The zero-order chi connectivity index (χ0) is 15.6. The van der Waals surface area contributed by atoms with E-state index in [4.69, 9.17) is 5.26 Å². The Kier molecular flexibility index (Phi) is 3.71. The van der Waals surface area contributed by atoms with Gasteiger partial charge in [-0.2, -0.15) is 10.4 Å². The summed E-state index contributed by atoms with van der Waals surface area (Å²) in [5.41, 5.74) is 2.67. The number of allylic oxidation sites excluding steroid dienone is 1. The number of rotatable bonds is 3. The monoisotopic (exact) mass is 285 g/mol. The predicted molar refractivity (Wildman–Crippen MR) is 72.4 cm³/mol. The maximum absolute atomic E-state index is 11.5. The number of hydrogen-bond donors (Lipinski definition) is 3. The van der Waals surface area contributed by atoms with Gasteiger partial charge >= 0.3 is 11.9 Å². The number of benzene rings is 1. The normalized spacial score (nSPS) is 17.5. The van der Waals surface area contributed by atoms with Crippen molar-refractivity contribution in [1.82, 2.24) is 5.43 Å². The highest BCUT2D eigenvalue weighted by Gasteiger charge is 2.37. The number of aliphatic carboxylic acids is 2. The van der Waals surface area contributed by atoms with Crippen LogP contribution in [0.5, 0.6) is 0 Å². The lowest BCUT2D eigenvalue weighted by Crippen LogP contribution is -2.34. The highest BCUT2D eigenvalue weighted by atomic mass is 16.4. The molecule has 1 aliphatic heterocycles. The Bertz CT molecular complexity index is 728. The van der Waals surface area contributed by atoms with Gasteiger partial charge in [0.05, 0.1) is 23.1 Å². The van der Waals surface area contributed by atoms with E-state index in [1.54, 1.807) is 12.1 Å². The molecule has 1 aromatic rings. The van der Waals surface area contributed by atoms with Crippen molar-refractivity contribution >= 4 is 17.7 Å². The molecule has 1 aromatic carbocycles. The van der Waals surface area contributed by atoms with Gasteiger partial charge < -0.3 is 10.2 Å².